The first-order valence-corrected chi connectivity index (χ1v) is 7.25. The number of aryl methyl sites for hydroxylation is 1. The summed E-state index contributed by atoms with van der Waals surface area (Å²) in [5.74, 6) is 1.65. The van der Waals surface area contributed by atoms with Crippen molar-refractivity contribution < 1.29 is 4.42 Å². The van der Waals surface area contributed by atoms with Crippen molar-refractivity contribution in [3.8, 4) is 0 Å². The van der Waals surface area contributed by atoms with Crippen LogP contribution in [0, 0.1) is 12.8 Å². The van der Waals surface area contributed by atoms with Gasteiger partial charge < -0.3 is 4.42 Å². The summed E-state index contributed by atoms with van der Waals surface area (Å²) in [6, 6.07) is 10.9. The first-order valence-electron chi connectivity index (χ1n) is 6.34. The largest absolute Gasteiger partial charge is 0.469 e. The molecule has 2 aromatic rings. The molecule has 1 aromatic carbocycles. The van der Waals surface area contributed by atoms with Crippen LogP contribution < -0.4 is 0 Å². The molecule has 0 saturated carbocycles. The molecule has 0 aliphatic rings. The molecule has 0 bridgehead atoms. The number of furan rings is 1. The molecule has 0 radical (unpaired) electrons. The summed E-state index contributed by atoms with van der Waals surface area (Å²) in [5, 5.41) is 0. The first kappa shape index (κ1) is 13.4. The van der Waals surface area contributed by atoms with Gasteiger partial charge in [-0.3, -0.25) is 0 Å². The van der Waals surface area contributed by atoms with Gasteiger partial charge in [0.15, 0.2) is 0 Å². The highest BCUT2D eigenvalue weighted by Gasteiger charge is 2.12. The first-order chi connectivity index (χ1) is 8.56. The van der Waals surface area contributed by atoms with E-state index in [1.807, 2.05) is 13.2 Å². The second kappa shape index (κ2) is 5.75. The smallest absolute Gasteiger partial charge is 0.101 e. The van der Waals surface area contributed by atoms with Crippen LogP contribution in [-0.4, -0.2) is 0 Å². The average Bonchev–Trinajstić information content (AvgIpc) is 2.75. The molecule has 1 nitrogen and oxygen atoms in total. The van der Waals surface area contributed by atoms with Gasteiger partial charge in [-0.15, -0.1) is 0 Å². The third-order valence-corrected chi connectivity index (χ3v) is 4.02. The Morgan fingerprint density at radius 2 is 1.78 bits per heavy atom. The van der Waals surface area contributed by atoms with E-state index in [9.17, 15) is 0 Å². The van der Waals surface area contributed by atoms with Crippen molar-refractivity contribution >= 4 is 15.9 Å². The molecule has 18 heavy (non-hydrogen) atoms. The van der Waals surface area contributed by atoms with Crippen molar-refractivity contribution in [1.29, 1.82) is 0 Å². The zero-order valence-electron chi connectivity index (χ0n) is 11.1. The molecule has 1 unspecified atom stereocenters. The van der Waals surface area contributed by atoms with E-state index in [0.29, 0.717) is 5.92 Å². The zero-order chi connectivity index (χ0) is 13.1. The summed E-state index contributed by atoms with van der Waals surface area (Å²) in [7, 11) is 0. The van der Waals surface area contributed by atoms with Gasteiger partial charge in [-0.1, -0.05) is 54.0 Å². The number of halogens is 1. The molecule has 0 fully saturated rings. The summed E-state index contributed by atoms with van der Waals surface area (Å²) in [6.45, 7) is 6.46. The predicted molar refractivity (Wildman–Crippen MR) is 79.2 cm³/mol. The minimum Gasteiger partial charge on any atom is -0.469 e. The maximum Gasteiger partial charge on any atom is 0.101 e. The van der Waals surface area contributed by atoms with Crippen LogP contribution >= 0.6 is 15.9 Å². The van der Waals surface area contributed by atoms with Crippen LogP contribution in [0.3, 0.4) is 0 Å². The molecule has 2 heteroatoms. The van der Waals surface area contributed by atoms with Crippen LogP contribution in [0.4, 0.5) is 0 Å². The molecule has 96 valence electrons. The van der Waals surface area contributed by atoms with Crippen LogP contribution in [0.1, 0.15) is 41.1 Å². The standard InChI is InChI=1S/C16H19BrO/c1-11(2)8-13-4-6-14(7-5-13)16(17)15-9-12(3)18-10-15/h4-7,9-11,16H,8H2,1-3H3. The lowest BCUT2D eigenvalue weighted by molar-refractivity contribution is 0.532. The SMILES string of the molecule is Cc1cc(C(Br)c2ccc(CC(C)C)cc2)co1. The molecule has 0 amide bonds. The lowest BCUT2D eigenvalue weighted by Crippen LogP contribution is -1.95. The lowest BCUT2D eigenvalue weighted by Gasteiger charge is -2.10. The van der Waals surface area contributed by atoms with E-state index in [1.165, 1.54) is 16.7 Å². The van der Waals surface area contributed by atoms with E-state index < -0.39 is 0 Å². The van der Waals surface area contributed by atoms with Crippen molar-refractivity contribution in [3.63, 3.8) is 0 Å². The normalized spacial score (nSPS) is 12.9. The fourth-order valence-electron chi connectivity index (χ4n) is 2.08. The van der Waals surface area contributed by atoms with Crippen LogP contribution in [0.5, 0.6) is 0 Å². The second-order valence-corrected chi connectivity index (χ2v) is 6.11. The molecular formula is C16H19BrO. The molecule has 0 saturated heterocycles. The molecule has 1 atom stereocenters. The predicted octanol–water partition coefficient (Wildman–Crippen LogP) is 5.27. The molecule has 0 aliphatic carbocycles. The minimum atomic E-state index is 0.211. The van der Waals surface area contributed by atoms with Crippen LogP contribution in [0.15, 0.2) is 41.0 Å². The van der Waals surface area contributed by atoms with Gasteiger partial charge in [0.05, 0.1) is 11.1 Å². The molecule has 1 heterocycles. The summed E-state index contributed by atoms with van der Waals surface area (Å²) in [4.78, 5) is 0.211. The fraction of sp³-hybridized carbons (Fsp3) is 0.375. The van der Waals surface area contributed by atoms with E-state index in [1.54, 1.807) is 0 Å². The monoisotopic (exact) mass is 306 g/mol. The number of alkyl halides is 1. The Balaban J connectivity index is 2.14. The van der Waals surface area contributed by atoms with Crippen molar-refractivity contribution in [1.82, 2.24) is 0 Å². The molecule has 2 rings (SSSR count). The van der Waals surface area contributed by atoms with Gasteiger partial charge in [-0.25, -0.2) is 0 Å². The van der Waals surface area contributed by atoms with Gasteiger partial charge in [0, 0.05) is 5.56 Å². The van der Waals surface area contributed by atoms with Gasteiger partial charge in [-0.2, -0.15) is 0 Å². The Morgan fingerprint density at radius 3 is 2.28 bits per heavy atom. The molecule has 0 spiro atoms. The highest BCUT2D eigenvalue weighted by atomic mass is 79.9. The summed E-state index contributed by atoms with van der Waals surface area (Å²) < 4.78 is 5.35. The van der Waals surface area contributed by atoms with Gasteiger partial charge in [-0.05, 0) is 36.5 Å². The van der Waals surface area contributed by atoms with Crippen molar-refractivity contribution in [2.45, 2.75) is 32.0 Å². The van der Waals surface area contributed by atoms with E-state index in [-0.39, 0.29) is 4.83 Å². The van der Waals surface area contributed by atoms with Gasteiger partial charge in [0.2, 0.25) is 0 Å². The van der Waals surface area contributed by atoms with E-state index in [0.717, 1.165) is 12.2 Å². The Morgan fingerprint density at radius 1 is 1.11 bits per heavy atom. The average molecular weight is 307 g/mol. The van der Waals surface area contributed by atoms with Gasteiger partial charge in [0.1, 0.15) is 5.76 Å². The molecule has 0 aliphatic heterocycles. The number of rotatable bonds is 4. The number of hydrogen-bond acceptors (Lipinski definition) is 1. The van der Waals surface area contributed by atoms with Gasteiger partial charge in [0.25, 0.3) is 0 Å². The van der Waals surface area contributed by atoms with Crippen molar-refractivity contribution in [2.24, 2.45) is 5.92 Å². The summed E-state index contributed by atoms with van der Waals surface area (Å²) in [6.07, 6.45) is 2.95. The quantitative estimate of drug-likeness (QED) is 0.701. The molecule has 0 N–H and O–H groups in total. The maximum atomic E-state index is 5.35. The molecular weight excluding hydrogens is 288 g/mol. The molecule has 1 aromatic heterocycles. The second-order valence-electron chi connectivity index (χ2n) is 5.19. The number of hydrogen-bond donors (Lipinski definition) is 0. The number of benzene rings is 1. The zero-order valence-corrected chi connectivity index (χ0v) is 12.7. The van der Waals surface area contributed by atoms with Crippen molar-refractivity contribution in [3.05, 3.63) is 59.0 Å². The van der Waals surface area contributed by atoms with E-state index in [4.69, 9.17) is 4.42 Å². The lowest BCUT2D eigenvalue weighted by atomic mass is 10.00. The van der Waals surface area contributed by atoms with E-state index in [2.05, 4.69) is 60.1 Å². The minimum absolute atomic E-state index is 0.211. The Hall–Kier alpha value is -1.02. The van der Waals surface area contributed by atoms with Crippen LogP contribution in [0.25, 0.3) is 0 Å². The van der Waals surface area contributed by atoms with Crippen LogP contribution in [-0.2, 0) is 6.42 Å². The Labute approximate surface area is 117 Å². The maximum absolute atomic E-state index is 5.35. The fourth-order valence-corrected chi connectivity index (χ4v) is 2.63. The highest BCUT2D eigenvalue weighted by molar-refractivity contribution is 9.09. The van der Waals surface area contributed by atoms with Gasteiger partial charge >= 0.3 is 0 Å². The summed E-state index contributed by atoms with van der Waals surface area (Å²) in [5.41, 5.74) is 3.84. The topological polar surface area (TPSA) is 13.1 Å². The van der Waals surface area contributed by atoms with Crippen molar-refractivity contribution in [2.75, 3.05) is 0 Å². The summed E-state index contributed by atoms with van der Waals surface area (Å²) >= 11 is 3.72. The third kappa shape index (κ3) is 3.26. The Bertz CT molecular complexity index is 496. The van der Waals surface area contributed by atoms with Crippen LogP contribution in [0.2, 0.25) is 0 Å². The third-order valence-electron chi connectivity index (χ3n) is 2.96. The Kier molecular flexibility index (Phi) is 4.28. The highest BCUT2D eigenvalue weighted by Crippen LogP contribution is 2.32. The van der Waals surface area contributed by atoms with E-state index >= 15 is 0 Å².